The van der Waals surface area contributed by atoms with Gasteiger partial charge in [0.2, 0.25) is 0 Å². The van der Waals surface area contributed by atoms with Gasteiger partial charge in [-0.1, -0.05) is 0 Å². The second kappa shape index (κ2) is 4.86. The second-order valence-corrected chi connectivity index (χ2v) is 5.43. The highest BCUT2D eigenvalue weighted by Gasteiger charge is 2.17. The Morgan fingerprint density at radius 3 is 2.89 bits per heavy atom. The lowest BCUT2D eigenvalue weighted by molar-refractivity contribution is 0.572. The van der Waals surface area contributed by atoms with Crippen molar-refractivity contribution in [2.75, 3.05) is 0 Å². The van der Waals surface area contributed by atoms with Crippen molar-refractivity contribution in [1.29, 1.82) is 0 Å². The predicted molar refractivity (Wildman–Crippen MR) is 63.0 cm³/mol. The van der Waals surface area contributed by atoms with E-state index in [9.17, 15) is 8.42 Å². The number of nitrogens with zero attached hydrogens (tertiary/aromatic N) is 4. The Balaban J connectivity index is 2.10. The molecule has 8 nitrogen and oxygen atoms in total. The summed E-state index contributed by atoms with van der Waals surface area (Å²) in [6.45, 7) is 4.40. The molecule has 0 aliphatic heterocycles. The molecule has 98 valence electrons. The monoisotopic (exact) mass is 270 g/mol. The highest BCUT2D eigenvalue weighted by atomic mass is 32.2. The Morgan fingerprint density at radius 2 is 2.28 bits per heavy atom. The van der Waals surface area contributed by atoms with Crippen LogP contribution < -0.4 is 4.72 Å². The van der Waals surface area contributed by atoms with E-state index >= 15 is 0 Å². The fourth-order valence-corrected chi connectivity index (χ4v) is 2.40. The van der Waals surface area contributed by atoms with Gasteiger partial charge in [-0.3, -0.25) is 0 Å². The molecule has 0 aliphatic carbocycles. The van der Waals surface area contributed by atoms with Crippen molar-refractivity contribution in [2.24, 2.45) is 0 Å². The minimum atomic E-state index is -3.59. The van der Waals surface area contributed by atoms with E-state index in [1.165, 1.54) is 6.20 Å². The molecule has 0 atom stereocenters. The van der Waals surface area contributed by atoms with Gasteiger partial charge in [0.1, 0.15) is 18.0 Å². The Hall–Kier alpha value is -1.74. The molecule has 0 fully saturated rings. The first-order valence-electron chi connectivity index (χ1n) is 5.41. The van der Waals surface area contributed by atoms with E-state index in [1.54, 1.807) is 17.8 Å². The van der Waals surface area contributed by atoms with E-state index in [0.717, 1.165) is 0 Å². The van der Waals surface area contributed by atoms with Gasteiger partial charge in [0, 0.05) is 6.54 Å². The average molecular weight is 270 g/mol. The lowest BCUT2D eigenvalue weighted by Crippen LogP contribution is -2.25. The average Bonchev–Trinajstić information content (AvgIpc) is 2.94. The van der Waals surface area contributed by atoms with Crippen molar-refractivity contribution < 1.29 is 8.42 Å². The van der Waals surface area contributed by atoms with Crippen LogP contribution in [0.4, 0.5) is 0 Å². The quantitative estimate of drug-likeness (QED) is 0.783. The summed E-state index contributed by atoms with van der Waals surface area (Å²) < 4.78 is 28.0. The van der Waals surface area contributed by atoms with Gasteiger partial charge >= 0.3 is 0 Å². The molecule has 0 radical (unpaired) electrons. The minimum absolute atomic E-state index is 0.0440. The van der Waals surface area contributed by atoms with Crippen molar-refractivity contribution in [1.82, 2.24) is 29.5 Å². The first-order chi connectivity index (χ1) is 8.53. The largest absolute Gasteiger partial charge is 0.332 e. The summed E-state index contributed by atoms with van der Waals surface area (Å²) in [6, 6.07) is 0. The molecule has 0 aliphatic rings. The molecular formula is C9H14N6O2S. The molecule has 2 rings (SSSR count). The number of nitrogens with one attached hydrogen (secondary N) is 2. The molecule has 0 bridgehead atoms. The van der Waals surface area contributed by atoms with E-state index in [0.29, 0.717) is 18.2 Å². The van der Waals surface area contributed by atoms with E-state index in [4.69, 9.17) is 0 Å². The van der Waals surface area contributed by atoms with Gasteiger partial charge in [0.05, 0.1) is 12.7 Å². The molecule has 2 aromatic rings. The van der Waals surface area contributed by atoms with E-state index in [2.05, 4.69) is 24.9 Å². The summed E-state index contributed by atoms with van der Waals surface area (Å²) in [5, 5.41) is 7.62. The number of hydrogen-bond donors (Lipinski definition) is 2. The molecule has 2 aromatic heterocycles. The van der Waals surface area contributed by atoms with Gasteiger partial charge in [0.15, 0.2) is 5.03 Å². The van der Waals surface area contributed by atoms with Crippen LogP contribution in [0.15, 0.2) is 17.6 Å². The van der Waals surface area contributed by atoms with Crippen LogP contribution in [0.3, 0.4) is 0 Å². The van der Waals surface area contributed by atoms with Crippen molar-refractivity contribution in [2.45, 2.75) is 32.0 Å². The van der Waals surface area contributed by atoms with Crippen molar-refractivity contribution in [3.05, 3.63) is 24.2 Å². The van der Waals surface area contributed by atoms with E-state index in [-0.39, 0.29) is 11.6 Å². The summed E-state index contributed by atoms with van der Waals surface area (Å²) in [7, 11) is -3.59. The van der Waals surface area contributed by atoms with Crippen LogP contribution in [0.1, 0.15) is 18.6 Å². The zero-order chi connectivity index (χ0) is 13.2. The van der Waals surface area contributed by atoms with Crippen molar-refractivity contribution >= 4 is 10.0 Å². The SMILES string of the molecule is CCn1cnnc1CNS(=O)(=O)c1cnc(C)[nH]1. The molecule has 0 aromatic carbocycles. The fraction of sp³-hybridized carbons (Fsp3) is 0.444. The number of rotatable bonds is 5. The summed E-state index contributed by atoms with van der Waals surface area (Å²) in [5.41, 5.74) is 0. The first kappa shape index (κ1) is 12.7. The maximum Gasteiger partial charge on any atom is 0.258 e. The third kappa shape index (κ3) is 2.57. The molecule has 0 saturated carbocycles. The van der Waals surface area contributed by atoms with Crippen LogP contribution >= 0.6 is 0 Å². The fourth-order valence-electron chi connectivity index (χ4n) is 1.45. The maximum atomic E-state index is 11.9. The molecule has 2 N–H and O–H groups in total. The number of aromatic nitrogens is 5. The zero-order valence-electron chi connectivity index (χ0n) is 10.1. The van der Waals surface area contributed by atoms with Gasteiger partial charge in [-0.15, -0.1) is 10.2 Å². The number of hydrogen-bond acceptors (Lipinski definition) is 5. The molecule has 2 heterocycles. The molecule has 18 heavy (non-hydrogen) atoms. The highest BCUT2D eigenvalue weighted by Crippen LogP contribution is 2.05. The van der Waals surface area contributed by atoms with Crippen LogP contribution in [0.25, 0.3) is 0 Å². The van der Waals surface area contributed by atoms with Gasteiger partial charge in [-0.05, 0) is 13.8 Å². The summed E-state index contributed by atoms with van der Waals surface area (Å²) in [6.07, 6.45) is 2.84. The third-order valence-electron chi connectivity index (χ3n) is 2.43. The normalized spacial score (nSPS) is 11.9. The van der Waals surface area contributed by atoms with Crippen LogP contribution in [-0.2, 0) is 23.1 Å². The first-order valence-corrected chi connectivity index (χ1v) is 6.89. The molecule has 0 unspecified atom stereocenters. The number of imidazole rings is 1. The Bertz CT molecular complexity index is 629. The van der Waals surface area contributed by atoms with Crippen LogP contribution in [0.5, 0.6) is 0 Å². The van der Waals surface area contributed by atoms with Crippen molar-refractivity contribution in [3.63, 3.8) is 0 Å². The highest BCUT2D eigenvalue weighted by molar-refractivity contribution is 7.89. The van der Waals surface area contributed by atoms with Gasteiger partial charge in [0.25, 0.3) is 10.0 Å². The molecular weight excluding hydrogens is 256 g/mol. The lowest BCUT2D eigenvalue weighted by Gasteiger charge is -2.05. The maximum absolute atomic E-state index is 11.9. The smallest absolute Gasteiger partial charge is 0.258 e. The summed E-state index contributed by atoms with van der Waals surface area (Å²) >= 11 is 0. The second-order valence-electron chi connectivity index (χ2n) is 3.69. The third-order valence-corrected chi connectivity index (χ3v) is 3.74. The van der Waals surface area contributed by atoms with Crippen LogP contribution in [0.2, 0.25) is 0 Å². The summed E-state index contributed by atoms with van der Waals surface area (Å²) in [4.78, 5) is 6.52. The van der Waals surface area contributed by atoms with Crippen LogP contribution in [0, 0.1) is 6.92 Å². The minimum Gasteiger partial charge on any atom is -0.332 e. The van der Waals surface area contributed by atoms with E-state index in [1.807, 2.05) is 6.92 Å². The lowest BCUT2D eigenvalue weighted by atomic mass is 10.6. The number of sulfonamides is 1. The predicted octanol–water partition coefficient (Wildman–Crippen LogP) is -0.192. The topological polar surface area (TPSA) is 106 Å². The van der Waals surface area contributed by atoms with Gasteiger partial charge in [-0.25, -0.2) is 18.1 Å². The molecule has 9 heteroatoms. The van der Waals surface area contributed by atoms with Gasteiger partial charge in [-0.2, -0.15) is 0 Å². The van der Waals surface area contributed by atoms with Crippen molar-refractivity contribution in [3.8, 4) is 0 Å². The molecule has 0 saturated heterocycles. The zero-order valence-corrected chi connectivity index (χ0v) is 10.9. The number of H-pyrrole nitrogens is 1. The standard InChI is InChI=1S/C9H14N6O2S/c1-3-15-6-11-14-8(15)4-12-18(16,17)9-5-10-7(2)13-9/h5-6,12H,3-4H2,1-2H3,(H,10,13). The van der Waals surface area contributed by atoms with Gasteiger partial charge < -0.3 is 9.55 Å². The molecule has 0 spiro atoms. The summed E-state index contributed by atoms with van der Waals surface area (Å²) in [5.74, 6) is 1.12. The number of aromatic amines is 1. The molecule has 0 amide bonds. The Kier molecular flexibility index (Phi) is 3.43. The van der Waals surface area contributed by atoms with E-state index < -0.39 is 10.0 Å². The number of aryl methyl sites for hydroxylation is 2. The Labute approximate surface area is 105 Å². The Morgan fingerprint density at radius 1 is 1.50 bits per heavy atom. The van der Waals surface area contributed by atoms with Crippen LogP contribution in [-0.4, -0.2) is 33.2 Å².